The summed E-state index contributed by atoms with van der Waals surface area (Å²) in [6.45, 7) is 2.10. The van der Waals surface area contributed by atoms with Crippen LogP contribution in [0.1, 0.15) is 58.1 Å². The van der Waals surface area contributed by atoms with E-state index in [1.807, 2.05) is 66.7 Å². The van der Waals surface area contributed by atoms with Crippen molar-refractivity contribution < 1.29 is 23.9 Å². The van der Waals surface area contributed by atoms with Gasteiger partial charge in [0.1, 0.15) is 12.2 Å². The average Bonchev–Trinajstić information content (AvgIpc) is 3.16. The maximum Gasteiger partial charge on any atom is 0.335 e. The minimum absolute atomic E-state index is 0.0762. The number of nitrogens with zero attached hydrogens (tertiary/aromatic N) is 2. The number of carbonyl (C=O) groups is 3. The highest BCUT2D eigenvalue weighted by Crippen LogP contribution is 2.50. The van der Waals surface area contributed by atoms with Gasteiger partial charge in [-0.1, -0.05) is 90.5 Å². The maximum absolute atomic E-state index is 14.3. The number of amides is 4. The van der Waals surface area contributed by atoms with E-state index in [4.69, 9.17) is 21.1 Å². The Morgan fingerprint density at radius 2 is 1.42 bits per heavy atom. The summed E-state index contributed by atoms with van der Waals surface area (Å²) < 4.78 is 11.6. The van der Waals surface area contributed by atoms with Gasteiger partial charge < -0.3 is 14.4 Å². The van der Waals surface area contributed by atoms with E-state index in [1.54, 1.807) is 24.3 Å². The Hall–Kier alpha value is -5.86. The average molecular weight is 710 g/mol. The third kappa shape index (κ3) is 6.31. The molecule has 0 spiro atoms. The third-order valence-electron chi connectivity index (χ3n) is 10.1. The minimum atomic E-state index is -0.780. The first-order chi connectivity index (χ1) is 25.4. The van der Waals surface area contributed by atoms with Gasteiger partial charge in [0.2, 0.25) is 0 Å². The highest BCUT2D eigenvalue weighted by atomic mass is 35.5. The first-order valence-corrected chi connectivity index (χ1v) is 17.7. The zero-order chi connectivity index (χ0) is 35.8. The smallest absolute Gasteiger partial charge is 0.335 e. The van der Waals surface area contributed by atoms with E-state index in [2.05, 4.69) is 34.5 Å². The van der Waals surface area contributed by atoms with Crippen molar-refractivity contribution in [3.63, 3.8) is 0 Å². The number of rotatable bonds is 8. The van der Waals surface area contributed by atoms with E-state index in [9.17, 15) is 14.4 Å². The van der Waals surface area contributed by atoms with Crippen molar-refractivity contribution in [1.82, 2.24) is 5.32 Å². The van der Waals surface area contributed by atoms with Crippen LogP contribution in [0, 0.1) is 0 Å². The number of urea groups is 1. The van der Waals surface area contributed by atoms with Gasteiger partial charge in [-0.15, -0.1) is 0 Å². The fourth-order valence-corrected chi connectivity index (χ4v) is 7.92. The molecule has 1 fully saturated rings. The Bertz CT molecular complexity index is 2150. The molecule has 5 aromatic carbocycles. The van der Waals surface area contributed by atoms with Gasteiger partial charge in [-0.3, -0.25) is 14.9 Å². The molecule has 3 aliphatic heterocycles. The van der Waals surface area contributed by atoms with Crippen LogP contribution >= 0.6 is 11.6 Å². The number of carbonyl (C=O) groups excluding carboxylic acids is 3. The molecule has 5 aromatic rings. The second kappa shape index (κ2) is 14.0. The van der Waals surface area contributed by atoms with Gasteiger partial charge in [-0.2, -0.15) is 0 Å². The molecule has 52 heavy (non-hydrogen) atoms. The number of nitrogens with one attached hydrogen (secondary N) is 1. The van der Waals surface area contributed by atoms with Crippen LogP contribution in [0.15, 0.2) is 121 Å². The maximum atomic E-state index is 14.3. The highest BCUT2D eigenvalue weighted by molar-refractivity contribution is 6.39. The lowest BCUT2D eigenvalue weighted by Crippen LogP contribution is -2.54. The van der Waals surface area contributed by atoms with Crippen LogP contribution in [0.5, 0.6) is 11.5 Å². The van der Waals surface area contributed by atoms with Crippen LogP contribution in [-0.2, 0) is 16.2 Å². The molecule has 8 nitrogen and oxygen atoms in total. The van der Waals surface area contributed by atoms with Crippen LogP contribution in [0.4, 0.5) is 16.2 Å². The zero-order valence-electron chi connectivity index (χ0n) is 28.6. The quantitative estimate of drug-likeness (QED) is 0.129. The van der Waals surface area contributed by atoms with Gasteiger partial charge >= 0.3 is 6.03 Å². The normalized spacial score (nSPS) is 19.0. The van der Waals surface area contributed by atoms with E-state index in [0.29, 0.717) is 27.8 Å². The number of methoxy groups -OCH3 is 1. The molecule has 260 valence electrons. The van der Waals surface area contributed by atoms with Crippen molar-refractivity contribution in [3.05, 3.63) is 159 Å². The number of hydrogen-bond donors (Lipinski definition) is 1. The molecule has 3 heterocycles. The summed E-state index contributed by atoms with van der Waals surface area (Å²) in [6.07, 6.45) is 3.28. The summed E-state index contributed by atoms with van der Waals surface area (Å²) in [7, 11) is 1.52. The molecule has 0 aromatic heterocycles. The Labute approximate surface area is 307 Å². The molecule has 4 amide bonds. The predicted octanol–water partition coefficient (Wildman–Crippen LogP) is 8.47. The predicted molar refractivity (Wildman–Crippen MR) is 202 cm³/mol. The fourth-order valence-electron chi connectivity index (χ4n) is 7.71. The van der Waals surface area contributed by atoms with E-state index in [1.165, 1.54) is 30.0 Å². The molecule has 0 saturated carbocycles. The Kier molecular flexibility index (Phi) is 8.99. The summed E-state index contributed by atoms with van der Waals surface area (Å²) in [5, 5.41) is 3.03. The molecular weight excluding hydrogens is 674 g/mol. The van der Waals surface area contributed by atoms with Crippen molar-refractivity contribution in [2.24, 2.45) is 0 Å². The van der Waals surface area contributed by atoms with Gasteiger partial charge in [0.05, 0.1) is 12.8 Å². The zero-order valence-corrected chi connectivity index (χ0v) is 29.3. The highest BCUT2D eigenvalue weighted by Gasteiger charge is 2.40. The summed E-state index contributed by atoms with van der Waals surface area (Å²) >= 11 is 6.13. The number of imide groups is 2. The fraction of sp³-hybridized carbons (Fsp3) is 0.186. The van der Waals surface area contributed by atoms with Gasteiger partial charge in [0.25, 0.3) is 11.8 Å². The van der Waals surface area contributed by atoms with Crippen molar-refractivity contribution in [2.75, 3.05) is 30.0 Å². The van der Waals surface area contributed by atoms with Gasteiger partial charge in [-0.25, -0.2) is 9.69 Å². The number of ether oxygens (including phenoxy) is 2. The second-order valence-electron chi connectivity index (χ2n) is 13.3. The lowest BCUT2D eigenvalue weighted by molar-refractivity contribution is -0.122. The first kappa shape index (κ1) is 33.3. The van der Waals surface area contributed by atoms with E-state index in [-0.39, 0.29) is 24.0 Å². The van der Waals surface area contributed by atoms with Crippen LogP contribution in [0.2, 0.25) is 5.02 Å². The molecule has 1 N–H and O–H groups in total. The lowest BCUT2D eigenvalue weighted by atomic mass is 9.76. The standard InChI is InChI=1S/C43H36ClN3O5/c1-51-39-23-27(15-16-38(39)52-26-28-9-8-14-31(44)21-28)22-37-41(48)45-43(50)47(42(37)49)32-24-35-33(29-10-4-2-5-11-29)17-19-46-20-18-34(36(25-32)40(35)46)30-12-6-3-7-13-30/h2-16,21-25,33-34H,17-20,26H2,1H3,(H,45,48,50)/b37-22+/t33-,34-/m1/s1. The van der Waals surface area contributed by atoms with Crippen molar-refractivity contribution >= 4 is 46.9 Å². The number of anilines is 2. The van der Waals surface area contributed by atoms with E-state index >= 15 is 0 Å². The topological polar surface area (TPSA) is 88.2 Å². The molecule has 1 saturated heterocycles. The summed E-state index contributed by atoms with van der Waals surface area (Å²) in [4.78, 5) is 44.7. The van der Waals surface area contributed by atoms with Gasteiger partial charge in [0.15, 0.2) is 11.5 Å². The molecule has 0 unspecified atom stereocenters. The summed E-state index contributed by atoms with van der Waals surface area (Å²) in [5.41, 5.74) is 7.38. The number of hydrogen-bond acceptors (Lipinski definition) is 6. The molecule has 0 radical (unpaired) electrons. The van der Waals surface area contributed by atoms with Gasteiger partial charge in [-0.05, 0) is 88.7 Å². The number of barbiturate groups is 1. The molecule has 8 rings (SSSR count). The van der Waals surface area contributed by atoms with Crippen LogP contribution in [0.25, 0.3) is 6.08 Å². The molecular formula is C43H36ClN3O5. The molecule has 0 aliphatic carbocycles. The van der Waals surface area contributed by atoms with Crippen molar-refractivity contribution in [1.29, 1.82) is 0 Å². The Morgan fingerprint density at radius 1 is 0.769 bits per heavy atom. The monoisotopic (exact) mass is 709 g/mol. The minimum Gasteiger partial charge on any atom is -0.493 e. The van der Waals surface area contributed by atoms with Crippen molar-refractivity contribution in [3.8, 4) is 11.5 Å². The van der Waals surface area contributed by atoms with Crippen LogP contribution in [0.3, 0.4) is 0 Å². The van der Waals surface area contributed by atoms with Crippen molar-refractivity contribution in [2.45, 2.75) is 31.3 Å². The first-order valence-electron chi connectivity index (χ1n) is 17.4. The molecule has 2 atom stereocenters. The SMILES string of the molecule is COc1cc(/C=C2\C(=O)NC(=O)N(c3cc4c5c(c3)[C@@H](c3ccccc3)CCN5CC[C@@H]4c3ccccc3)C2=O)ccc1OCc1cccc(Cl)c1. The Balaban J connectivity index is 1.17. The van der Waals surface area contributed by atoms with Gasteiger partial charge in [0, 0.05) is 35.6 Å². The van der Waals surface area contributed by atoms with E-state index in [0.717, 1.165) is 47.5 Å². The largest absolute Gasteiger partial charge is 0.493 e. The molecule has 0 bridgehead atoms. The summed E-state index contributed by atoms with van der Waals surface area (Å²) in [6, 6.07) is 36.4. The second-order valence-corrected chi connectivity index (χ2v) is 13.7. The third-order valence-corrected chi connectivity index (χ3v) is 10.4. The number of benzene rings is 5. The van der Waals surface area contributed by atoms with Crippen LogP contribution in [-0.4, -0.2) is 38.0 Å². The summed E-state index contributed by atoms with van der Waals surface area (Å²) in [5.74, 6) is -0.401. The number of halogens is 1. The Morgan fingerprint density at radius 3 is 2.04 bits per heavy atom. The lowest BCUT2D eigenvalue weighted by Gasteiger charge is -2.44. The molecule has 3 aliphatic rings. The van der Waals surface area contributed by atoms with E-state index < -0.39 is 17.8 Å². The molecule has 9 heteroatoms. The van der Waals surface area contributed by atoms with Crippen LogP contribution < -0.4 is 24.6 Å².